The molecule has 0 saturated heterocycles. The van der Waals surface area contributed by atoms with Crippen molar-refractivity contribution < 1.29 is 0 Å². The lowest BCUT2D eigenvalue weighted by Crippen LogP contribution is -2.15. The second-order valence-electron chi connectivity index (χ2n) is 6.15. The smallest absolute Gasteiger partial charge is 0.0129 e. The second-order valence-corrected chi connectivity index (χ2v) is 6.15. The minimum absolute atomic E-state index is 0.212. The summed E-state index contributed by atoms with van der Waals surface area (Å²) in [4.78, 5) is 0. The van der Waals surface area contributed by atoms with Crippen LogP contribution in [0.2, 0.25) is 0 Å². The van der Waals surface area contributed by atoms with Gasteiger partial charge >= 0.3 is 0 Å². The summed E-state index contributed by atoms with van der Waals surface area (Å²) in [7, 11) is 0. The van der Waals surface area contributed by atoms with Gasteiger partial charge in [-0.2, -0.15) is 0 Å². The molecule has 0 radical (unpaired) electrons. The van der Waals surface area contributed by atoms with Crippen LogP contribution in [-0.4, -0.2) is 0 Å². The lowest BCUT2D eigenvalue weighted by molar-refractivity contribution is 0.579. The molecule has 0 aliphatic carbocycles. The van der Waals surface area contributed by atoms with E-state index in [1.54, 1.807) is 0 Å². The number of fused-ring (bicyclic) bond motifs is 1. The van der Waals surface area contributed by atoms with Crippen molar-refractivity contribution in [3.63, 3.8) is 0 Å². The number of benzene rings is 2. The first-order valence-corrected chi connectivity index (χ1v) is 6.43. The molecule has 0 aliphatic heterocycles. The Kier molecular flexibility index (Phi) is 2.99. The molecule has 2 rings (SSSR count). The third-order valence-electron chi connectivity index (χ3n) is 3.36. The summed E-state index contributed by atoms with van der Waals surface area (Å²) in [6.45, 7) is 11.5. The van der Waals surface area contributed by atoms with Crippen LogP contribution in [0.25, 0.3) is 10.8 Å². The van der Waals surface area contributed by atoms with Crippen LogP contribution in [0.1, 0.15) is 51.7 Å². The Labute approximate surface area is 105 Å². The third kappa shape index (κ3) is 2.22. The average molecular weight is 226 g/mol. The molecule has 0 saturated carbocycles. The minimum Gasteiger partial charge on any atom is -0.0616 e. The molecule has 0 atom stereocenters. The van der Waals surface area contributed by atoms with Crippen molar-refractivity contribution in [2.45, 2.75) is 46.0 Å². The van der Waals surface area contributed by atoms with Gasteiger partial charge in [0.2, 0.25) is 0 Å². The molecule has 0 heterocycles. The van der Waals surface area contributed by atoms with Gasteiger partial charge in [-0.25, -0.2) is 0 Å². The van der Waals surface area contributed by atoms with Gasteiger partial charge in [0.1, 0.15) is 0 Å². The van der Waals surface area contributed by atoms with Gasteiger partial charge in [-0.1, -0.05) is 71.0 Å². The molecular weight excluding hydrogens is 204 g/mol. The third-order valence-corrected chi connectivity index (χ3v) is 3.36. The Bertz CT molecular complexity index is 527. The van der Waals surface area contributed by atoms with Gasteiger partial charge in [-0.3, -0.25) is 0 Å². The van der Waals surface area contributed by atoms with Crippen molar-refractivity contribution in [2.24, 2.45) is 0 Å². The fourth-order valence-corrected chi connectivity index (χ4v) is 2.57. The number of rotatable bonds is 1. The van der Waals surface area contributed by atoms with Gasteiger partial charge < -0.3 is 0 Å². The van der Waals surface area contributed by atoms with Crippen molar-refractivity contribution in [3.05, 3.63) is 47.5 Å². The van der Waals surface area contributed by atoms with Gasteiger partial charge in [-0.15, -0.1) is 0 Å². The van der Waals surface area contributed by atoms with Crippen LogP contribution in [-0.2, 0) is 5.41 Å². The largest absolute Gasteiger partial charge is 0.0616 e. The molecule has 0 aromatic heterocycles. The summed E-state index contributed by atoms with van der Waals surface area (Å²) in [6, 6.07) is 13.3. The SMILES string of the molecule is CC(C)c1c(C(C)(C)C)ccc2ccccc12. The Balaban J connectivity index is 2.82. The van der Waals surface area contributed by atoms with E-state index < -0.39 is 0 Å². The molecule has 0 spiro atoms. The fraction of sp³-hybridized carbons (Fsp3) is 0.412. The molecule has 0 bridgehead atoms. The molecule has 0 fully saturated rings. The van der Waals surface area contributed by atoms with Crippen molar-refractivity contribution in [1.29, 1.82) is 0 Å². The summed E-state index contributed by atoms with van der Waals surface area (Å²) >= 11 is 0. The molecule has 0 heteroatoms. The Morgan fingerprint density at radius 2 is 1.53 bits per heavy atom. The molecule has 17 heavy (non-hydrogen) atoms. The van der Waals surface area contributed by atoms with Crippen LogP contribution < -0.4 is 0 Å². The highest BCUT2D eigenvalue weighted by Gasteiger charge is 2.20. The molecule has 2 aromatic rings. The first kappa shape index (κ1) is 12.2. The van der Waals surface area contributed by atoms with Gasteiger partial charge in [-0.05, 0) is 33.2 Å². The molecule has 2 aromatic carbocycles. The van der Waals surface area contributed by atoms with Gasteiger partial charge in [0.25, 0.3) is 0 Å². The summed E-state index contributed by atoms with van der Waals surface area (Å²) < 4.78 is 0. The van der Waals surface area contributed by atoms with E-state index in [1.807, 2.05) is 0 Å². The maximum Gasteiger partial charge on any atom is -0.0129 e. The lowest BCUT2D eigenvalue weighted by atomic mass is 9.78. The molecule has 0 aliphatic rings. The van der Waals surface area contributed by atoms with Gasteiger partial charge in [0.05, 0.1) is 0 Å². The van der Waals surface area contributed by atoms with Crippen LogP contribution in [0.4, 0.5) is 0 Å². The van der Waals surface area contributed by atoms with E-state index in [4.69, 9.17) is 0 Å². The Hall–Kier alpha value is -1.30. The molecule has 0 nitrogen and oxygen atoms in total. The second kappa shape index (κ2) is 4.18. The topological polar surface area (TPSA) is 0 Å². The predicted octanol–water partition coefficient (Wildman–Crippen LogP) is 5.26. The summed E-state index contributed by atoms with van der Waals surface area (Å²) in [6.07, 6.45) is 0. The standard InChI is InChI=1S/C17H22/c1-12(2)16-14-9-7-6-8-13(14)10-11-15(16)17(3,4)5/h6-12H,1-5H3. The predicted molar refractivity (Wildman–Crippen MR) is 76.7 cm³/mol. The highest BCUT2D eigenvalue weighted by molar-refractivity contribution is 5.87. The van der Waals surface area contributed by atoms with Crippen LogP contribution in [0.3, 0.4) is 0 Å². The van der Waals surface area contributed by atoms with Crippen LogP contribution in [0.15, 0.2) is 36.4 Å². The van der Waals surface area contributed by atoms with E-state index in [-0.39, 0.29) is 5.41 Å². The van der Waals surface area contributed by atoms with Crippen LogP contribution in [0.5, 0.6) is 0 Å². The summed E-state index contributed by atoms with van der Waals surface area (Å²) in [5, 5.41) is 2.76. The van der Waals surface area contributed by atoms with Gasteiger partial charge in [0.15, 0.2) is 0 Å². The molecule has 0 unspecified atom stereocenters. The van der Waals surface area contributed by atoms with Crippen molar-refractivity contribution >= 4 is 10.8 Å². The molecule has 0 N–H and O–H groups in total. The first-order chi connectivity index (χ1) is 7.91. The number of hydrogen-bond donors (Lipinski definition) is 0. The van der Waals surface area contributed by atoms with E-state index in [9.17, 15) is 0 Å². The molecular formula is C17H22. The zero-order valence-corrected chi connectivity index (χ0v) is 11.5. The molecule has 0 amide bonds. The van der Waals surface area contributed by atoms with Crippen molar-refractivity contribution in [2.75, 3.05) is 0 Å². The monoisotopic (exact) mass is 226 g/mol. The zero-order chi connectivity index (χ0) is 12.6. The maximum absolute atomic E-state index is 2.30. The van der Waals surface area contributed by atoms with Gasteiger partial charge in [0, 0.05) is 0 Å². The maximum atomic E-state index is 2.30. The Morgan fingerprint density at radius 1 is 0.882 bits per heavy atom. The zero-order valence-electron chi connectivity index (χ0n) is 11.5. The highest BCUT2D eigenvalue weighted by Crippen LogP contribution is 2.35. The highest BCUT2D eigenvalue weighted by atomic mass is 14.2. The first-order valence-electron chi connectivity index (χ1n) is 6.43. The van der Waals surface area contributed by atoms with Crippen molar-refractivity contribution in [1.82, 2.24) is 0 Å². The van der Waals surface area contributed by atoms with E-state index in [2.05, 4.69) is 71.0 Å². The quantitative estimate of drug-likeness (QED) is 0.622. The van der Waals surface area contributed by atoms with E-state index in [0.717, 1.165) is 0 Å². The van der Waals surface area contributed by atoms with Crippen LogP contribution in [0, 0.1) is 0 Å². The van der Waals surface area contributed by atoms with Crippen LogP contribution >= 0.6 is 0 Å². The summed E-state index contributed by atoms with van der Waals surface area (Å²) in [5.41, 5.74) is 3.20. The van der Waals surface area contributed by atoms with E-state index >= 15 is 0 Å². The number of hydrogen-bond acceptors (Lipinski definition) is 0. The lowest BCUT2D eigenvalue weighted by Gasteiger charge is -2.26. The normalized spacial score (nSPS) is 12.4. The molecule has 90 valence electrons. The Morgan fingerprint density at radius 3 is 2.12 bits per heavy atom. The minimum atomic E-state index is 0.212. The summed E-state index contributed by atoms with van der Waals surface area (Å²) in [5.74, 6) is 0.565. The van der Waals surface area contributed by atoms with E-state index in [0.29, 0.717) is 5.92 Å². The fourth-order valence-electron chi connectivity index (χ4n) is 2.57. The average Bonchev–Trinajstić information content (AvgIpc) is 2.26. The van der Waals surface area contributed by atoms with Crippen molar-refractivity contribution in [3.8, 4) is 0 Å². The van der Waals surface area contributed by atoms with E-state index in [1.165, 1.54) is 21.9 Å².